The van der Waals surface area contributed by atoms with Gasteiger partial charge in [0, 0.05) is 12.3 Å². The van der Waals surface area contributed by atoms with Crippen LogP contribution in [0.2, 0.25) is 0 Å². The van der Waals surface area contributed by atoms with E-state index in [4.69, 9.17) is 9.84 Å². The highest BCUT2D eigenvalue weighted by Gasteiger charge is 2.50. The van der Waals surface area contributed by atoms with Crippen molar-refractivity contribution in [2.24, 2.45) is 5.92 Å². The summed E-state index contributed by atoms with van der Waals surface area (Å²) >= 11 is 0. The summed E-state index contributed by atoms with van der Waals surface area (Å²) in [5.41, 5.74) is 1.98. The standard InChI is InChI=1S/C20H34O4/c1-15(2)7-9-18(23)16(3)6-5-12-20(4)19(24-20)10-8-17(14-22)11-13-21/h7,11,16,19,21-22H,5-6,8-10,12-14H2,1-4H3/b17-11+/t16-,19+,20-/m0/s1. The topological polar surface area (TPSA) is 70.1 Å². The zero-order valence-corrected chi connectivity index (χ0v) is 15.7. The Kier molecular flexibility index (Phi) is 8.88. The van der Waals surface area contributed by atoms with Crippen molar-refractivity contribution in [3.8, 4) is 0 Å². The molecule has 4 nitrogen and oxygen atoms in total. The maximum Gasteiger partial charge on any atom is 0.139 e. The van der Waals surface area contributed by atoms with Gasteiger partial charge in [-0.25, -0.2) is 0 Å². The van der Waals surface area contributed by atoms with Crippen molar-refractivity contribution in [2.75, 3.05) is 13.2 Å². The molecule has 3 atom stereocenters. The largest absolute Gasteiger partial charge is 0.392 e. The number of ketones is 1. The fourth-order valence-corrected chi connectivity index (χ4v) is 2.99. The first-order valence-corrected chi connectivity index (χ1v) is 9.06. The summed E-state index contributed by atoms with van der Waals surface area (Å²) in [4.78, 5) is 12.0. The molecule has 0 radical (unpaired) electrons. The molecule has 1 fully saturated rings. The highest BCUT2D eigenvalue weighted by atomic mass is 16.6. The molecule has 0 bridgehead atoms. The van der Waals surface area contributed by atoms with Crippen LogP contribution in [0.5, 0.6) is 0 Å². The van der Waals surface area contributed by atoms with E-state index in [0.29, 0.717) is 12.2 Å². The number of allylic oxidation sites excluding steroid dienone is 2. The third kappa shape index (κ3) is 7.29. The SMILES string of the molecule is CC(C)=CCC(=O)[C@@H](C)CCC[C@]1(C)O[C@@H]1CC/C(=C\CO)CO. The molecule has 1 heterocycles. The quantitative estimate of drug-likeness (QED) is 0.421. The molecule has 0 saturated carbocycles. The van der Waals surface area contributed by atoms with Crippen LogP contribution >= 0.6 is 0 Å². The zero-order chi connectivity index (χ0) is 18.2. The maximum atomic E-state index is 12.0. The molecule has 0 aliphatic carbocycles. The molecular weight excluding hydrogens is 304 g/mol. The molecule has 0 amide bonds. The van der Waals surface area contributed by atoms with Crippen molar-refractivity contribution in [2.45, 2.75) is 77.9 Å². The highest BCUT2D eigenvalue weighted by Crippen LogP contribution is 2.43. The van der Waals surface area contributed by atoms with Gasteiger partial charge >= 0.3 is 0 Å². The Bertz CT molecular complexity index is 462. The average Bonchev–Trinajstić information content (AvgIpc) is 3.19. The van der Waals surface area contributed by atoms with Gasteiger partial charge in [-0.3, -0.25) is 4.79 Å². The summed E-state index contributed by atoms with van der Waals surface area (Å²) in [6.07, 6.45) is 8.94. The molecule has 24 heavy (non-hydrogen) atoms. The van der Waals surface area contributed by atoms with Gasteiger partial charge < -0.3 is 14.9 Å². The molecule has 1 aliphatic rings. The Labute approximate surface area is 146 Å². The number of Topliss-reactive ketones (excluding diaryl/α,β-unsaturated/α-hetero) is 1. The number of epoxide rings is 1. The summed E-state index contributed by atoms with van der Waals surface area (Å²) in [7, 11) is 0. The summed E-state index contributed by atoms with van der Waals surface area (Å²) in [5, 5.41) is 18.1. The highest BCUT2D eigenvalue weighted by molar-refractivity contribution is 5.82. The predicted molar refractivity (Wildman–Crippen MR) is 96.8 cm³/mol. The van der Waals surface area contributed by atoms with Crippen molar-refractivity contribution in [3.63, 3.8) is 0 Å². The van der Waals surface area contributed by atoms with Gasteiger partial charge in [0.1, 0.15) is 5.78 Å². The summed E-state index contributed by atoms with van der Waals surface area (Å²) in [6.45, 7) is 8.14. The van der Waals surface area contributed by atoms with Crippen LogP contribution in [0.3, 0.4) is 0 Å². The van der Waals surface area contributed by atoms with E-state index in [2.05, 4.69) is 6.92 Å². The molecular formula is C20H34O4. The summed E-state index contributed by atoms with van der Waals surface area (Å²) in [6, 6.07) is 0. The minimum absolute atomic E-state index is 0.00466. The van der Waals surface area contributed by atoms with Crippen LogP contribution in [0.15, 0.2) is 23.3 Å². The van der Waals surface area contributed by atoms with Crippen LogP contribution in [-0.4, -0.2) is 40.9 Å². The van der Waals surface area contributed by atoms with Gasteiger partial charge in [0.2, 0.25) is 0 Å². The van der Waals surface area contributed by atoms with E-state index in [1.807, 2.05) is 26.8 Å². The van der Waals surface area contributed by atoms with Crippen molar-refractivity contribution in [3.05, 3.63) is 23.3 Å². The smallest absolute Gasteiger partial charge is 0.139 e. The van der Waals surface area contributed by atoms with Gasteiger partial charge in [0.15, 0.2) is 0 Å². The number of aliphatic hydroxyl groups excluding tert-OH is 2. The van der Waals surface area contributed by atoms with E-state index in [1.165, 1.54) is 5.57 Å². The van der Waals surface area contributed by atoms with Gasteiger partial charge in [-0.15, -0.1) is 0 Å². The van der Waals surface area contributed by atoms with Gasteiger partial charge in [0.05, 0.1) is 24.9 Å². The van der Waals surface area contributed by atoms with Gasteiger partial charge in [-0.05, 0) is 58.4 Å². The second-order valence-corrected chi connectivity index (χ2v) is 7.41. The van der Waals surface area contributed by atoms with Crippen molar-refractivity contribution >= 4 is 5.78 Å². The number of carbonyl (C=O) groups is 1. The van der Waals surface area contributed by atoms with E-state index < -0.39 is 0 Å². The Morgan fingerprint density at radius 3 is 2.58 bits per heavy atom. The van der Waals surface area contributed by atoms with E-state index in [1.54, 1.807) is 6.08 Å². The molecule has 1 rings (SSSR count). The Hall–Kier alpha value is -0.970. The minimum atomic E-state index is -0.0809. The second-order valence-electron chi connectivity index (χ2n) is 7.41. The van der Waals surface area contributed by atoms with E-state index in [-0.39, 0.29) is 30.8 Å². The number of hydrogen-bond donors (Lipinski definition) is 2. The average molecular weight is 338 g/mol. The molecule has 1 aliphatic heterocycles. The van der Waals surface area contributed by atoms with Gasteiger partial charge in [-0.2, -0.15) is 0 Å². The molecule has 1 saturated heterocycles. The third-order valence-corrected chi connectivity index (χ3v) is 4.92. The van der Waals surface area contributed by atoms with Crippen LogP contribution in [0.4, 0.5) is 0 Å². The zero-order valence-electron chi connectivity index (χ0n) is 15.7. The fourth-order valence-electron chi connectivity index (χ4n) is 2.99. The fraction of sp³-hybridized carbons (Fsp3) is 0.750. The lowest BCUT2D eigenvalue weighted by Gasteiger charge is -2.11. The third-order valence-electron chi connectivity index (χ3n) is 4.92. The van der Waals surface area contributed by atoms with Gasteiger partial charge in [0.25, 0.3) is 0 Å². The molecule has 4 heteroatoms. The molecule has 0 aromatic heterocycles. The molecule has 0 spiro atoms. The first-order valence-electron chi connectivity index (χ1n) is 9.06. The Morgan fingerprint density at radius 1 is 1.29 bits per heavy atom. The lowest BCUT2D eigenvalue weighted by atomic mass is 9.91. The number of carbonyl (C=O) groups excluding carboxylic acids is 1. The monoisotopic (exact) mass is 338 g/mol. The molecule has 2 N–H and O–H groups in total. The Balaban J connectivity index is 2.25. The normalized spacial score (nSPS) is 24.6. The van der Waals surface area contributed by atoms with Crippen LogP contribution in [-0.2, 0) is 9.53 Å². The van der Waals surface area contributed by atoms with E-state index >= 15 is 0 Å². The van der Waals surface area contributed by atoms with Crippen molar-refractivity contribution in [1.29, 1.82) is 0 Å². The van der Waals surface area contributed by atoms with Crippen LogP contribution < -0.4 is 0 Å². The Morgan fingerprint density at radius 2 is 2.00 bits per heavy atom. The molecule has 0 aromatic carbocycles. The molecule has 0 aromatic rings. The van der Waals surface area contributed by atoms with E-state index in [0.717, 1.165) is 37.7 Å². The van der Waals surface area contributed by atoms with Crippen LogP contribution in [0.1, 0.15) is 66.2 Å². The lowest BCUT2D eigenvalue weighted by Crippen LogP contribution is -2.14. The van der Waals surface area contributed by atoms with Crippen molar-refractivity contribution < 1.29 is 19.7 Å². The number of aliphatic hydroxyl groups is 2. The molecule has 138 valence electrons. The molecule has 0 unspecified atom stereocenters. The maximum absolute atomic E-state index is 12.0. The van der Waals surface area contributed by atoms with Crippen LogP contribution in [0, 0.1) is 5.92 Å². The first kappa shape index (κ1) is 21.1. The number of ether oxygens (including phenoxy) is 1. The van der Waals surface area contributed by atoms with E-state index in [9.17, 15) is 9.90 Å². The van der Waals surface area contributed by atoms with Crippen LogP contribution in [0.25, 0.3) is 0 Å². The summed E-state index contributed by atoms with van der Waals surface area (Å²) < 4.78 is 5.83. The minimum Gasteiger partial charge on any atom is -0.392 e. The number of rotatable bonds is 12. The lowest BCUT2D eigenvalue weighted by molar-refractivity contribution is -0.121. The first-order chi connectivity index (χ1) is 11.3. The van der Waals surface area contributed by atoms with Gasteiger partial charge in [-0.1, -0.05) is 24.6 Å². The summed E-state index contributed by atoms with van der Waals surface area (Å²) in [5.74, 6) is 0.422. The number of hydrogen-bond acceptors (Lipinski definition) is 4. The van der Waals surface area contributed by atoms with Crippen molar-refractivity contribution in [1.82, 2.24) is 0 Å². The second kappa shape index (κ2) is 10.1. The predicted octanol–water partition coefficient (Wildman–Crippen LogP) is 3.57.